The van der Waals surface area contributed by atoms with Crippen LogP contribution in [0.5, 0.6) is 5.75 Å². The Labute approximate surface area is 169 Å². The van der Waals surface area contributed by atoms with Gasteiger partial charge in [-0.15, -0.1) is 0 Å². The molecule has 0 aliphatic heterocycles. The summed E-state index contributed by atoms with van der Waals surface area (Å²) >= 11 is 12.4. The van der Waals surface area contributed by atoms with Gasteiger partial charge in [-0.3, -0.25) is 9.59 Å². The molecule has 0 aromatic heterocycles. The van der Waals surface area contributed by atoms with Gasteiger partial charge in [-0.1, -0.05) is 67.2 Å². The van der Waals surface area contributed by atoms with E-state index in [0.29, 0.717) is 10.4 Å². The maximum atomic E-state index is 12.2. The molecule has 0 spiro atoms. The van der Waals surface area contributed by atoms with Gasteiger partial charge in [0, 0.05) is 10.8 Å². The number of hydrogen-bond donors (Lipinski definition) is 0. The molecule has 27 heavy (non-hydrogen) atoms. The Morgan fingerprint density at radius 1 is 1.00 bits per heavy atom. The number of carbonyl (C=O) groups is 2. The molecule has 2 aromatic carbocycles. The second kappa shape index (κ2) is 10.5. The van der Waals surface area contributed by atoms with Crippen molar-refractivity contribution in [2.75, 3.05) is 0 Å². The maximum absolute atomic E-state index is 12.2. The molecule has 0 fully saturated rings. The Bertz CT molecular complexity index is 804. The van der Waals surface area contributed by atoms with Gasteiger partial charge in [-0.2, -0.15) is 0 Å². The van der Waals surface area contributed by atoms with Crippen LogP contribution >= 0.6 is 23.2 Å². The zero-order valence-electron chi connectivity index (χ0n) is 15.6. The van der Waals surface area contributed by atoms with Crippen LogP contribution in [0.2, 0.25) is 10.0 Å². The molecular formula is C21H24Cl2O4. The third-order valence-corrected chi connectivity index (χ3v) is 4.79. The minimum Gasteiger partial charge on any atom is -0.463 e. The smallest absolute Gasteiger partial charge is 0.311 e. The Hall–Kier alpha value is -1.78. The van der Waals surface area contributed by atoms with E-state index in [0.717, 1.165) is 31.1 Å². The molecule has 6 heteroatoms. The van der Waals surface area contributed by atoms with Gasteiger partial charge in [0.1, 0.15) is 0 Å². The summed E-state index contributed by atoms with van der Waals surface area (Å²) in [6.45, 7) is 3.99. The lowest BCUT2D eigenvalue weighted by atomic mass is 10.1. The number of hydrogen-bond acceptors (Lipinski definition) is 4. The molecule has 1 unspecified atom stereocenters. The van der Waals surface area contributed by atoms with E-state index in [1.165, 1.54) is 0 Å². The molecule has 1 atom stereocenters. The Balaban J connectivity index is 1.91. The Morgan fingerprint density at radius 2 is 1.67 bits per heavy atom. The molecule has 0 radical (unpaired) electrons. The molecule has 0 N–H and O–H groups in total. The highest BCUT2D eigenvalue weighted by Crippen LogP contribution is 2.38. The van der Waals surface area contributed by atoms with Gasteiger partial charge in [0.25, 0.3) is 0 Å². The fraction of sp³-hybridized carbons (Fsp3) is 0.429. The summed E-state index contributed by atoms with van der Waals surface area (Å²) in [5.41, 5.74) is 0. The van der Waals surface area contributed by atoms with Crippen LogP contribution in [0.15, 0.2) is 30.3 Å². The van der Waals surface area contributed by atoms with Crippen LogP contribution in [0.3, 0.4) is 0 Å². The predicted molar refractivity (Wildman–Crippen MR) is 109 cm³/mol. The highest BCUT2D eigenvalue weighted by Gasteiger charge is 2.17. The SMILES string of the molecule is CCCCCC(C)OC(=O)CCC(=O)Oc1c(Cl)cc(Cl)c2ccccc12. The zero-order chi connectivity index (χ0) is 19.8. The van der Waals surface area contributed by atoms with Crippen molar-refractivity contribution < 1.29 is 19.1 Å². The summed E-state index contributed by atoms with van der Waals surface area (Å²) in [5, 5.41) is 2.12. The van der Waals surface area contributed by atoms with E-state index in [9.17, 15) is 9.59 Å². The van der Waals surface area contributed by atoms with E-state index in [2.05, 4.69) is 6.92 Å². The summed E-state index contributed by atoms with van der Waals surface area (Å²) in [6, 6.07) is 8.79. The average Bonchev–Trinajstić information content (AvgIpc) is 2.63. The molecule has 0 amide bonds. The molecule has 4 nitrogen and oxygen atoms in total. The third kappa shape index (κ3) is 6.40. The lowest BCUT2D eigenvalue weighted by Gasteiger charge is -2.13. The molecule has 0 aliphatic rings. The fourth-order valence-corrected chi connectivity index (χ4v) is 3.35. The van der Waals surface area contributed by atoms with E-state index >= 15 is 0 Å². The van der Waals surface area contributed by atoms with Crippen LogP contribution in [0.1, 0.15) is 52.4 Å². The molecule has 0 heterocycles. The van der Waals surface area contributed by atoms with Crippen molar-refractivity contribution in [2.45, 2.75) is 58.5 Å². The number of esters is 2. The van der Waals surface area contributed by atoms with Crippen LogP contribution in [0.25, 0.3) is 10.8 Å². The van der Waals surface area contributed by atoms with E-state index in [4.69, 9.17) is 32.7 Å². The molecule has 2 rings (SSSR count). The second-order valence-corrected chi connectivity index (χ2v) is 7.30. The highest BCUT2D eigenvalue weighted by molar-refractivity contribution is 6.40. The van der Waals surface area contributed by atoms with E-state index in [-0.39, 0.29) is 29.7 Å². The number of ether oxygens (including phenoxy) is 2. The molecular weight excluding hydrogens is 387 g/mol. The lowest BCUT2D eigenvalue weighted by Crippen LogP contribution is -2.17. The lowest BCUT2D eigenvalue weighted by molar-refractivity contribution is -0.151. The number of carbonyl (C=O) groups excluding carboxylic acids is 2. The minimum absolute atomic E-state index is 0.0277. The summed E-state index contributed by atoms with van der Waals surface area (Å²) in [4.78, 5) is 24.1. The number of fused-ring (bicyclic) bond motifs is 1. The van der Waals surface area contributed by atoms with Crippen molar-refractivity contribution in [3.05, 3.63) is 40.4 Å². The summed E-state index contributed by atoms with van der Waals surface area (Å²) in [7, 11) is 0. The predicted octanol–water partition coefficient (Wildman–Crippen LogP) is 6.34. The van der Waals surface area contributed by atoms with Crippen LogP contribution in [0.4, 0.5) is 0 Å². The van der Waals surface area contributed by atoms with Crippen molar-refractivity contribution in [1.82, 2.24) is 0 Å². The summed E-state index contributed by atoms with van der Waals surface area (Å²) < 4.78 is 10.7. The van der Waals surface area contributed by atoms with E-state index in [1.54, 1.807) is 12.1 Å². The highest BCUT2D eigenvalue weighted by atomic mass is 35.5. The van der Waals surface area contributed by atoms with Gasteiger partial charge >= 0.3 is 11.9 Å². The zero-order valence-corrected chi connectivity index (χ0v) is 17.1. The molecule has 0 saturated carbocycles. The first-order valence-corrected chi connectivity index (χ1v) is 9.94. The molecule has 0 bridgehead atoms. The Morgan fingerprint density at radius 3 is 2.37 bits per heavy atom. The van der Waals surface area contributed by atoms with Gasteiger partial charge in [0.2, 0.25) is 0 Å². The molecule has 146 valence electrons. The van der Waals surface area contributed by atoms with Crippen LogP contribution < -0.4 is 4.74 Å². The maximum Gasteiger partial charge on any atom is 0.311 e. The summed E-state index contributed by atoms with van der Waals surface area (Å²) in [6.07, 6.45) is 3.84. The van der Waals surface area contributed by atoms with Gasteiger partial charge in [0.15, 0.2) is 5.75 Å². The number of benzene rings is 2. The average molecular weight is 411 g/mol. The monoisotopic (exact) mass is 410 g/mol. The van der Waals surface area contributed by atoms with Crippen molar-refractivity contribution in [3.63, 3.8) is 0 Å². The first-order chi connectivity index (χ1) is 12.9. The quantitative estimate of drug-likeness (QED) is 0.274. The van der Waals surface area contributed by atoms with Crippen molar-refractivity contribution >= 4 is 45.9 Å². The van der Waals surface area contributed by atoms with Crippen LogP contribution in [0, 0.1) is 0 Å². The van der Waals surface area contributed by atoms with Gasteiger partial charge < -0.3 is 9.47 Å². The third-order valence-electron chi connectivity index (χ3n) is 4.20. The number of unbranched alkanes of at least 4 members (excludes halogenated alkanes) is 2. The second-order valence-electron chi connectivity index (χ2n) is 6.49. The van der Waals surface area contributed by atoms with Crippen molar-refractivity contribution in [1.29, 1.82) is 0 Å². The summed E-state index contributed by atoms with van der Waals surface area (Å²) in [5.74, 6) is -0.689. The number of rotatable bonds is 9. The standard InChI is InChI=1S/C21H24Cl2O4/c1-3-4-5-8-14(2)26-19(24)11-12-20(25)27-21-16-10-7-6-9-15(16)17(22)13-18(21)23/h6-7,9-10,13-14H,3-5,8,11-12H2,1-2H3. The van der Waals surface area contributed by atoms with E-state index in [1.807, 2.05) is 25.1 Å². The van der Waals surface area contributed by atoms with Gasteiger partial charge in [0.05, 0.1) is 29.0 Å². The van der Waals surface area contributed by atoms with E-state index < -0.39 is 11.9 Å². The topological polar surface area (TPSA) is 52.6 Å². The number of halogens is 2. The molecule has 0 aliphatic carbocycles. The van der Waals surface area contributed by atoms with Gasteiger partial charge in [-0.05, 0) is 25.8 Å². The first-order valence-electron chi connectivity index (χ1n) is 9.19. The van der Waals surface area contributed by atoms with Gasteiger partial charge in [-0.25, -0.2) is 0 Å². The molecule has 2 aromatic rings. The fourth-order valence-electron chi connectivity index (χ4n) is 2.77. The van der Waals surface area contributed by atoms with Crippen molar-refractivity contribution in [2.24, 2.45) is 0 Å². The molecule has 0 saturated heterocycles. The van der Waals surface area contributed by atoms with Crippen LogP contribution in [-0.2, 0) is 14.3 Å². The largest absolute Gasteiger partial charge is 0.463 e. The van der Waals surface area contributed by atoms with Crippen molar-refractivity contribution in [3.8, 4) is 5.75 Å². The minimum atomic E-state index is -0.542. The van der Waals surface area contributed by atoms with Crippen LogP contribution in [-0.4, -0.2) is 18.0 Å². The first kappa shape index (κ1) is 21.5. The normalized spacial score (nSPS) is 12.0. The Kier molecular flexibility index (Phi) is 8.39.